The molecular weight excluding hydrogens is 415 g/mol. The molecule has 0 heterocycles. The average Bonchev–Trinajstić information content (AvgIpc) is 2.62. The molecule has 0 atom stereocenters. The van der Waals surface area contributed by atoms with Crippen LogP contribution >= 0.6 is 23.2 Å². The van der Waals surface area contributed by atoms with Gasteiger partial charge in [-0.05, 0) is 48.9 Å². The number of halogens is 2. The molecule has 144 valence electrons. The summed E-state index contributed by atoms with van der Waals surface area (Å²) in [6.45, 7) is 0.553. The first-order valence-electron chi connectivity index (χ1n) is 7.65. The van der Waals surface area contributed by atoms with Gasteiger partial charge in [-0.25, -0.2) is 8.42 Å². The van der Waals surface area contributed by atoms with Crippen molar-refractivity contribution >= 4 is 50.8 Å². The Bertz CT molecular complexity index is 946. The van der Waals surface area contributed by atoms with E-state index in [9.17, 15) is 18.0 Å². The van der Waals surface area contributed by atoms with Gasteiger partial charge in [0.25, 0.3) is 5.91 Å². The fraction of sp³-hybridized carbons (Fsp3) is 0.176. The van der Waals surface area contributed by atoms with Crippen molar-refractivity contribution < 1.29 is 22.7 Å². The quantitative estimate of drug-likeness (QED) is 0.657. The highest BCUT2D eigenvalue weighted by molar-refractivity contribution is 7.89. The maximum Gasteiger partial charge on any atom is 0.321 e. The fourth-order valence-corrected chi connectivity index (χ4v) is 3.25. The number of amides is 1. The summed E-state index contributed by atoms with van der Waals surface area (Å²) in [6, 6.07) is 10.4. The molecule has 2 aromatic rings. The summed E-state index contributed by atoms with van der Waals surface area (Å²) in [6.07, 6.45) is 0. The molecule has 2 N–H and O–H groups in total. The summed E-state index contributed by atoms with van der Waals surface area (Å²) >= 11 is 11.7. The lowest BCUT2D eigenvalue weighted by atomic mass is 10.2. The maximum absolute atomic E-state index is 12.0. The van der Waals surface area contributed by atoms with Gasteiger partial charge in [0.15, 0.2) is 6.61 Å². The predicted octanol–water partition coefficient (Wildman–Crippen LogP) is 2.76. The van der Waals surface area contributed by atoms with Gasteiger partial charge in [0.05, 0.1) is 4.90 Å². The minimum Gasteiger partial charge on any atom is -0.455 e. The van der Waals surface area contributed by atoms with Crippen molar-refractivity contribution in [3.05, 3.63) is 58.1 Å². The summed E-state index contributed by atoms with van der Waals surface area (Å²) in [5.74, 6) is -1.47. The van der Waals surface area contributed by atoms with Crippen LogP contribution in [0.5, 0.6) is 0 Å². The van der Waals surface area contributed by atoms with Gasteiger partial charge in [0.2, 0.25) is 10.0 Å². The van der Waals surface area contributed by atoms with Gasteiger partial charge < -0.3 is 10.1 Å². The molecule has 0 spiro atoms. The molecule has 0 unspecified atom stereocenters. The maximum atomic E-state index is 12.0. The van der Waals surface area contributed by atoms with Gasteiger partial charge in [0.1, 0.15) is 6.54 Å². The summed E-state index contributed by atoms with van der Waals surface area (Å²) in [4.78, 5) is 23.5. The first-order chi connectivity index (χ1) is 12.7. The number of hydrogen-bond donors (Lipinski definition) is 2. The van der Waals surface area contributed by atoms with E-state index in [1.807, 2.05) is 0 Å². The summed E-state index contributed by atoms with van der Waals surface area (Å²) in [5.41, 5.74) is 1.17. The minimum absolute atomic E-state index is 0.0473. The highest BCUT2D eigenvalue weighted by Gasteiger charge is 2.17. The van der Waals surface area contributed by atoms with E-state index in [1.165, 1.54) is 24.3 Å². The van der Waals surface area contributed by atoms with Gasteiger partial charge in [-0.3, -0.25) is 9.59 Å². The second-order valence-corrected chi connectivity index (χ2v) is 8.01. The van der Waals surface area contributed by atoms with E-state index in [-0.39, 0.29) is 4.90 Å². The molecule has 0 aliphatic carbocycles. The van der Waals surface area contributed by atoms with E-state index in [2.05, 4.69) is 10.0 Å². The molecule has 10 heteroatoms. The number of nitrogens with one attached hydrogen (secondary N) is 2. The Morgan fingerprint density at radius 3 is 2.41 bits per heavy atom. The molecular formula is C17H16Cl2N2O5S. The van der Waals surface area contributed by atoms with Crippen LogP contribution < -0.4 is 10.0 Å². The molecule has 0 fully saturated rings. The number of esters is 1. The molecule has 27 heavy (non-hydrogen) atoms. The fourth-order valence-electron chi connectivity index (χ4n) is 1.98. The number of benzene rings is 2. The number of carbonyl (C=O) groups is 2. The highest BCUT2D eigenvalue weighted by atomic mass is 35.5. The molecule has 0 radical (unpaired) electrons. The number of hydrogen-bond acceptors (Lipinski definition) is 5. The SMILES string of the molecule is Cc1c(Cl)cccc1NC(=O)COC(=O)CNS(=O)(=O)c1ccc(Cl)cc1. The van der Waals surface area contributed by atoms with E-state index in [1.54, 1.807) is 25.1 Å². The number of carbonyl (C=O) groups excluding carboxylic acids is 2. The molecule has 0 saturated carbocycles. The van der Waals surface area contributed by atoms with Crippen LogP contribution in [0, 0.1) is 6.92 Å². The Hall–Kier alpha value is -2.13. The zero-order valence-electron chi connectivity index (χ0n) is 14.2. The predicted molar refractivity (Wildman–Crippen MR) is 102 cm³/mol. The number of ether oxygens (including phenoxy) is 1. The van der Waals surface area contributed by atoms with Crippen molar-refractivity contribution in [3.8, 4) is 0 Å². The molecule has 0 aromatic heterocycles. The lowest BCUT2D eigenvalue weighted by Crippen LogP contribution is -2.32. The summed E-state index contributed by atoms with van der Waals surface area (Å²) in [7, 11) is -3.89. The highest BCUT2D eigenvalue weighted by Crippen LogP contribution is 2.22. The standard InChI is InChI=1S/C17H16Cl2N2O5S/c1-11-14(19)3-2-4-15(11)21-16(22)10-26-17(23)9-20-27(24,25)13-7-5-12(18)6-8-13/h2-8,20H,9-10H2,1H3,(H,21,22). The molecule has 1 amide bonds. The molecule has 2 rings (SSSR count). The summed E-state index contributed by atoms with van der Waals surface area (Å²) in [5, 5.41) is 3.43. The van der Waals surface area contributed by atoms with Crippen molar-refractivity contribution in [2.75, 3.05) is 18.5 Å². The molecule has 0 aliphatic heterocycles. The van der Waals surface area contributed by atoms with Crippen LogP contribution in [-0.2, 0) is 24.3 Å². The van der Waals surface area contributed by atoms with Crippen molar-refractivity contribution in [1.82, 2.24) is 4.72 Å². The third-order valence-corrected chi connectivity index (χ3v) is 5.52. The lowest BCUT2D eigenvalue weighted by molar-refractivity contribution is -0.146. The minimum atomic E-state index is -3.89. The molecule has 0 saturated heterocycles. The van der Waals surface area contributed by atoms with Crippen LogP contribution in [-0.4, -0.2) is 33.4 Å². The van der Waals surface area contributed by atoms with Gasteiger partial charge in [-0.1, -0.05) is 29.3 Å². The smallest absolute Gasteiger partial charge is 0.321 e. The Balaban J connectivity index is 1.82. The Morgan fingerprint density at radius 1 is 1.07 bits per heavy atom. The largest absolute Gasteiger partial charge is 0.455 e. The van der Waals surface area contributed by atoms with E-state index >= 15 is 0 Å². The Labute approximate surface area is 166 Å². The van der Waals surface area contributed by atoms with Crippen molar-refractivity contribution in [3.63, 3.8) is 0 Å². The van der Waals surface area contributed by atoms with Crippen molar-refractivity contribution in [1.29, 1.82) is 0 Å². The van der Waals surface area contributed by atoms with E-state index in [0.29, 0.717) is 21.3 Å². The van der Waals surface area contributed by atoms with Crippen LogP contribution in [0.25, 0.3) is 0 Å². The third-order valence-electron chi connectivity index (χ3n) is 3.44. The monoisotopic (exact) mass is 430 g/mol. The summed E-state index contributed by atoms with van der Waals surface area (Å²) < 4.78 is 30.9. The Morgan fingerprint density at radius 2 is 1.74 bits per heavy atom. The number of sulfonamides is 1. The second kappa shape index (κ2) is 9.18. The van der Waals surface area contributed by atoms with Crippen LogP contribution in [0.1, 0.15) is 5.56 Å². The lowest BCUT2D eigenvalue weighted by Gasteiger charge is -2.10. The van der Waals surface area contributed by atoms with Crippen LogP contribution in [0.15, 0.2) is 47.4 Å². The van der Waals surface area contributed by atoms with Crippen LogP contribution in [0.3, 0.4) is 0 Å². The average molecular weight is 431 g/mol. The molecule has 0 aliphatic rings. The first-order valence-corrected chi connectivity index (χ1v) is 9.89. The second-order valence-electron chi connectivity index (χ2n) is 5.40. The molecule has 7 nitrogen and oxygen atoms in total. The normalized spacial score (nSPS) is 11.1. The van der Waals surface area contributed by atoms with Gasteiger partial charge in [-0.15, -0.1) is 0 Å². The van der Waals surface area contributed by atoms with Crippen molar-refractivity contribution in [2.24, 2.45) is 0 Å². The molecule has 0 bridgehead atoms. The zero-order valence-corrected chi connectivity index (χ0v) is 16.5. The zero-order chi connectivity index (χ0) is 20.0. The van der Waals surface area contributed by atoms with E-state index in [4.69, 9.17) is 27.9 Å². The van der Waals surface area contributed by atoms with Gasteiger partial charge in [0, 0.05) is 15.7 Å². The van der Waals surface area contributed by atoms with Crippen LogP contribution in [0.4, 0.5) is 5.69 Å². The van der Waals surface area contributed by atoms with E-state index < -0.39 is 35.1 Å². The third kappa shape index (κ3) is 6.21. The van der Waals surface area contributed by atoms with Gasteiger partial charge >= 0.3 is 5.97 Å². The molecule has 2 aromatic carbocycles. The topological polar surface area (TPSA) is 102 Å². The first kappa shape index (κ1) is 21.2. The van der Waals surface area contributed by atoms with Gasteiger partial charge in [-0.2, -0.15) is 4.72 Å². The van der Waals surface area contributed by atoms with E-state index in [0.717, 1.165) is 0 Å². The number of rotatable bonds is 7. The Kier molecular flexibility index (Phi) is 7.20. The number of anilines is 1. The van der Waals surface area contributed by atoms with Crippen LogP contribution in [0.2, 0.25) is 10.0 Å². The van der Waals surface area contributed by atoms with Crippen molar-refractivity contribution in [2.45, 2.75) is 11.8 Å².